The number of piperidine rings is 1. The first kappa shape index (κ1) is 17.0. The maximum Gasteiger partial charge on any atom is 0.142 e. The Balaban J connectivity index is 1.59. The van der Waals surface area contributed by atoms with Gasteiger partial charge in [-0.15, -0.1) is 0 Å². The number of ketones is 1. The summed E-state index contributed by atoms with van der Waals surface area (Å²) in [6.07, 6.45) is 1.86. The fourth-order valence-electron chi connectivity index (χ4n) is 4.45. The third-order valence-electron chi connectivity index (χ3n) is 5.67. The van der Waals surface area contributed by atoms with Crippen LogP contribution in [0, 0.1) is 5.92 Å². The Bertz CT molecular complexity index is 746. The number of hydrogen-bond acceptors (Lipinski definition) is 3. The predicted octanol–water partition coefficient (Wildman–Crippen LogP) is 4.10. The van der Waals surface area contributed by atoms with Crippen molar-refractivity contribution in [1.29, 1.82) is 0 Å². The van der Waals surface area contributed by atoms with Crippen molar-refractivity contribution < 1.29 is 9.90 Å². The Hall–Kier alpha value is -1.49. The molecule has 0 aliphatic carbocycles. The van der Waals surface area contributed by atoms with Crippen molar-refractivity contribution in [2.75, 3.05) is 0 Å². The van der Waals surface area contributed by atoms with Crippen molar-refractivity contribution in [3.63, 3.8) is 0 Å². The summed E-state index contributed by atoms with van der Waals surface area (Å²) in [6, 6.07) is 18.5. The van der Waals surface area contributed by atoms with E-state index in [0.717, 1.165) is 29.4 Å². The topological polar surface area (TPSA) is 40.5 Å². The fraction of sp³-hybridized carbons (Fsp3) is 0.381. The van der Waals surface area contributed by atoms with Gasteiger partial charge in [-0.2, -0.15) is 0 Å². The van der Waals surface area contributed by atoms with Crippen LogP contribution in [0.1, 0.15) is 36.5 Å². The number of halogens is 1. The Kier molecular flexibility index (Phi) is 4.76. The first-order chi connectivity index (χ1) is 12.1. The molecule has 2 fully saturated rings. The summed E-state index contributed by atoms with van der Waals surface area (Å²) in [4.78, 5) is 15.2. The number of aliphatic hydroxyl groups is 1. The van der Waals surface area contributed by atoms with E-state index in [-0.39, 0.29) is 17.7 Å². The van der Waals surface area contributed by atoms with Gasteiger partial charge in [-0.05, 0) is 36.1 Å². The molecule has 2 aromatic carbocycles. The molecule has 4 heteroatoms. The van der Waals surface area contributed by atoms with Crippen LogP contribution >= 0.6 is 15.9 Å². The van der Waals surface area contributed by atoms with Crippen LogP contribution in [0.2, 0.25) is 0 Å². The highest BCUT2D eigenvalue weighted by atomic mass is 79.9. The third kappa shape index (κ3) is 3.31. The molecule has 0 saturated carbocycles. The molecule has 0 spiro atoms. The van der Waals surface area contributed by atoms with Gasteiger partial charge in [0.1, 0.15) is 5.78 Å². The minimum atomic E-state index is -0.733. The SMILES string of the molecule is O=C1C[C@@H]2CC[C@H]([C@H]1[C@H](O)c1ccc(Br)cc1)N2Cc1ccccc1. The summed E-state index contributed by atoms with van der Waals surface area (Å²) in [7, 11) is 0. The number of nitrogens with zero attached hydrogens (tertiary/aromatic N) is 1. The zero-order valence-electron chi connectivity index (χ0n) is 14.0. The van der Waals surface area contributed by atoms with Gasteiger partial charge < -0.3 is 5.11 Å². The van der Waals surface area contributed by atoms with E-state index in [2.05, 4.69) is 45.1 Å². The molecule has 0 radical (unpaired) electrons. The lowest BCUT2D eigenvalue weighted by atomic mass is 9.81. The Labute approximate surface area is 156 Å². The van der Waals surface area contributed by atoms with E-state index in [1.54, 1.807) is 0 Å². The highest BCUT2D eigenvalue weighted by Gasteiger charge is 2.49. The Morgan fingerprint density at radius 2 is 1.80 bits per heavy atom. The number of carbonyl (C=O) groups is 1. The lowest BCUT2D eigenvalue weighted by Gasteiger charge is -2.41. The molecule has 2 aromatic rings. The smallest absolute Gasteiger partial charge is 0.142 e. The van der Waals surface area contributed by atoms with Crippen molar-refractivity contribution in [2.45, 2.75) is 44.0 Å². The van der Waals surface area contributed by atoms with Gasteiger partial charge in [0.2, 0.25) is 0 Å². The highest BCUT2D eigenvalue weighted by Crippen LogP contribution is 2.43. The van der Waals surface area contributed by atoms with Crippen molar-refractivity contribution >= 4 is 21.7 Å². The first-order valence-corrected chi connectivity index (χ1v) is 9.68. The molecule has 1 N–H and O–H groups in total. The molecule has 0 unspecified atom stereocenters. The summed E-state index contributed by atoms with van der Waals surface area (Å²) in [6.45, 7) is 0.854. The molecule has 2 aliphatic heterocycles. The molecule has 4 atom stereocenters. The van der Waals surface area contributed by atoms with Crippen LogP contribution < -0.4 is 0 Å². The largest absolute Gasteiger partial charge is 0.388 e. The maximum absolute atomic E-state index is 12.7. The minimum absolute atomic E-state index is 0.130. The van der Waals surface area contributed by atoms with Crippen molar-refractivity contribution in [1.82, 2.24) is 4.90 Å². The van der Waals surface area contributed by atoms with Gasteiger partial charge in [0.15, 0.2) is 0 Å². The lowest BCUT2D eigenvalue weighted by molar-refractivity contribution is -0.135. The molecule has 2 saturated heterocycles. The molecule has 2 aliphatic rings. The zero-order chi connectivity index (χ0) is 17.4. The molecule has 2 heterocycles. The lowest BCUT2D eigenvalue weighted by Crippen LogP contribution is -2.50. The van der Waals surface area contributed by atoms with Gasteiger partial charge in [0, 0.05) is 29.5 Å². The van der Waals surface area contributed by atoms with E-state index >= 15 is 0 Å². The number of fused-ring (bicyclic) bond motifs is 2. The second-order valence-electron chi connectivity index (χ2n) is 7.15. The molecular formula is C21H22BrNO2. The normalized spacial score (nSPS) is 27.4. The first-order valence-electron chi connectivity index (χ1n) is 8.89. The highest BCUT2D eigenvalue weighted by molar-refractivity contribution is 9.10. The Morgan fingerprint density at radius 3 is 2.52 bits per heavy atom. The zero-order valence-corrected chi connectivity index (χ0v) is 15.6. The summed E-state index contributed by atoms with van der Waals surface area (Å²) in [5.41, 5.74) is 2.09. The van der Waals surface area contributed by atoms with E-state index in [4.69, 9.17) is 0 Å². The van der Waals surface area contributed by atoms with E-state index in [0.29, 0.717) is 12.5 Å². The van der Waals surface area contributed by atoms with E-state index < -0.39 is 6.10 Å². The minimum Gasteiger partial charge on any atom is -0.388 e. The van der Waals surface area contributed by atoms with Crippen LogP contribution in [0.15, 0.2) is 59.1 Å². The van der Waals surface area contributed by atoms with Crippen LogP contribution in [0.25, 0.3) is 0 Å². The summed E-state index contributed by atoms with van der Waals surface area (Å²) >= 11 is 3.42. The van der Waals surface area contributed by atoms with Crippen LogP contribution in [-0.4, -0.2) is 27.9 Å². The molecule has 130 valence electrons. The summed E-state index contributed by atoms with van der Waals surface area (Å²) in [5, 5.41) is 10.9. The average Bonchev–Trinajstić information content (AvgIpc) is 2.89. The van der Waals surface area contributed by atoms with Gasteiger partial charge in [-0.25, -0.2) is 0 Å². The number of aliphatic hydroxyl groups excluding tert-OH is 1. The molecule has 2 bridgehead atoms. The van der Waals surface area contributed by atoms with E-state index in [9.17, 15) is 9.90 Å². The number of rotatable bonds is 4. The van der Waals surface area contributed by atoms with Crippen molar-refractivity contribution in [2.24, 2.45) is 5.92 Å². The Morgan fingerprint density at radius 1 is 1.08 bits per heavy atom. The van der Waals surface area contributed by atoms with Gasteiger partial charge in [0.05, 0.1) is 12.0 Å². The van der Waals surface area contributed by atoms with Crippen molar-refractivity contribution in [3.8, 4) is 0 Å². The molecule has 4 rings (SSSR count). The molecule has 0 amide bonds. The maximum atomic E-state index is 12.7. The van der Waals surface area contributed by atoms with E-state index in [1.165, 1.54) is 5.56 Å². The van der Waals surface area contributed by atoms with Gasteiger partial charge in [0.25, 0.3) is 0 Å². The van der Waals surface area contributed by atoms with Crippen LogP contribution in [0.5, 0.6) is 0 Å². The second-order valence-corrected chi connectivity index (χ2v) is 8.06. The number of Topliss-reactive ketones (excluding diaryl/α,β-unsaturated/α-hetero) is 1. The van der Waals surface area contributed by atoms with Gasteiger partial charge in [-0.1, -0.05) is 58.4 Å². The number of hydrogen-bond donors (Lipinski definition) is 1. The number of carbonyl (C=O) groups excluding carboxylic acids is 1. The summed E-state index contributed by atoms with van der Waals surface area (Å²) < 4.78 is 0.977. The standard InChI is InChI=1S/C21H22BrNO2/c22-16-8-6-15(7-9-16)21(25)20-18-11-10-17(12-19(20)24)23(18)13-14-4-2-1-3-5-14/h1-9,17-18,20-21,25H,10-13H2/t17-,18+,20+,21+/m0/s1. The molecule has 0 aromatic heterocycles. The van der Waals surface area contributed by atoms with Crippen molar-refractivity contribution in [3.05, 3.63) is 70.2 Å². The molecule has 25 heavy (non-hydrogen) atoms. The monoisotopic (exact) mass is 399 g/mol. The quantitative estimate of drug-likeness (QED) is 0.840. The van der Waals surface area contributed by atoms with Crippen LogP contribution in [0.4, 0.5) is 0 Å². The second kappa shape index (κ2) is 7.02. The fourth-order valence-corrected chi connectivity index (χ4v) is 4.71. The summed E-state index contributed by atoms with van der Waals surface area (Å²) in [5.74, 6) is -0.115. The third-order valence-corrected chi connectivity index (χ3v) is 6.20. The molecular weight excluding hydrogens is 378 g/mol. The van der Waals surface area contributed by atoms with E-state index in [1.807, 2.05) is 30.3 Å². The average molecular weight is 400 g/mol. The van der Waals surface area contributed by atoms with Crippen LogP contribution in [0.3, 0.4) is 0 Å². The predicted molar refractivity (Wildman–Crippen MR) is 101 cm³/mol. The van der Waals surface area contributed by atoms with Crippen LogP contribution in [-0.2, 0) is 11.3 Å². The molecule has 3 nitrogen and oxygen atoms in total. The number of benzene rings is 2. The van der Waals surface area contributed by atoms with Gasteiger partial charge >= 0.3 is 0 Å². The van der Waals surface area contributed by atoms with Gasteiger partial charge in [-0.3, -0.25) is 9.69 Å².